The summed E-state index contributed by atoms with van der Waals surface area (Å²) in [6, 6.07) is 7.87. The highest BCUT2D eigenvalue weighted by molar-refractivity contribution is 6.30. The van der Waals surface area contributed by atoms with Crippen molar-refractivity contribution in [2.45, 2.75) is 25.3 Å². The van der Waals surface area contributed by atoms with E-state index in [1.165, 1.54) is 0 Å². The molecule has 2 N–H and O–H groups in total. The van der Waals surface area contributed by atoms with Crippen molar-refractivity contribution in [1.29, 1.82) is 0 Å². The first kappa shape index (κ1) is 18.6. The second-order valence-corrected chi connectivity index (χ2v) is 5.98. The van der Waals surface area contributed by atoms with E-state index in [1.54, 1.807) is 28.9 Å². The number of nitrogens with zero attached hydrogens (tertiary/aromatic N) is 2. The lowest BCUT2D eigenvalue weighted by atomic mass is 10.2. The molecule has 0 aliphatic carbocycles. The molecule has 2 heterocycles. The van der Waals surface area contributed by atoms with Crippen LogP contribution in [0.2, 0.25) is 5.02 Å². The minimum atomic E-state index is -2.85. The van der Waals surface area contributed by atoms with Gasteiger partial charge in [0.25, 0.3) is 5.92 Å². The van der Waals surface area contributed by atoms with E-state index in [4.69, 9.17) is 11.6 Å². The Kier molecular flexibility index (Phi) is 5.47. The molecule has 0 spiro atoms. The number of amides is 1. The Bertz CT molecular complexity index is 751. The Hall–Kier alpha value is -1.70. The minimum Gasteiger partial charge on any atom is -0.308 e. The molecule has 5 nitrogen and oxygen atoms in total. The number of aryl methyl sites for hydroxylation is 1. The summed E-state index contributed by atoms with van der Waals surface area (Å²) in [5.74, 6) is -3.06. The van der Waals surface area contributed by atoms with Gasteiger partial charge in [-0.15, -0.1) is 17.5 Å². The number of alkyl halides is 2. The Morgan fingerprint density at radius 2 is 2.21 bits per heavy atom. The van der Waals surface area contributed by atoms with Crippen molar-refractivity contribution in [3.05, 3.63) is 41.0 Å². The van der Waals surface area contributed by atoms with Gasteiger partial charge in [0, 0.05) is 23.2 Å². The van der Waals surface area contributed by atoms with Gasteiger partial charge in [0.15, 0.2) is 5.82 Å². The van der Waals surface area contributed by atoms with Gasteiger partial charge >= 0.3 is 0 Å². The molecular formula is C15H16Cl2F2N4O. The first-order chi connectivity index (χ1) is 10.8. The number of aromatic nitrogens is 2. The normalized spacial score (nSPS) is 18.9. The van der Waals surface area contributed by atoms with Gasteiger partial charge in [-0.3, -0.25) is 10.1 Å². The number of rotatable bonds is 3. The monoisotopic (exact) mass is 376 g/mol. The number of carbonyl (C=O) groups excluding carboxylic acids is 1. The molecule has 2 aromatic rings. The van der Waals surface area contributed by atoms with Gasteiger partial charge in [-0.2, -0.15) is 0 Å². The van der Waals surface area contributed by atoms with Crippen molar-refractivity contribution in [2.75, 3.05) is 11.9 Å². The average molecular weight is 377 g/mol. The molecule has 0 radical (unpaired) electrons. The lowest BCUT2D eigenvalue weighted by molar-refractivity contribution is -0.118. The number of benzene rings is 1. The van der Waals surface area contributed by atoms with E-state index in [0.29, 0.717) is 10.8 Å². The predicted octanol–water partition coefficient (Wildman–Crippen LogP) is 3.19. The van der Waals surface area contributed by atoms with Crippen LogP contribution in [0.1, 0.15) is 12.1 Å². The molecule has 1 aromatic heterocycles. The van der Waals surface area contributed by atoms with Crippen LogP contribution >= 0.6 is 24.0 Å². The minimum absolute atomic E-state index is 0. The number of hydrogen-bond acceptors (Lipinski definition) is 3. The van der Waals surface area contributed by atoms with Crippen LogP contribution in [-0.4, -0.2) is 34.2 Å². The Morgan fingerprint density at radius 3 is 2.83 bits per heavy atom. The quantitative estimate of drug-likeness (QED) is 0.864. The topological polar surface area (TPSA) is 59.0 Å². The number of carbonyl (C=O) groups is 1. The summed E-state index contributed by atoms with van der Waals surface area (Å²) in [5.41, 5.74) is 1.54. The third kappa shape index (κ3) is 4.03. The zero-order chi connectivity index (χ0) is 16.6. The average Bonchev–Trinajstić information content (AvgIpc) is 3.01. The molecule has 1 saturated heterocycles. The maximum absolute atomic E-state index is 13.1. The van der Waals surface area contributed by atoms with Crippen LogP contribution in [0.4, 0.5) is 14.6 Å². The van der Waals surface area contributed by atoms with E-state index in [0.717, 1.165) is 11.4 Å². The van der Waals surface area contributed by atoms with Crippen LogP contribution in [0.3, 0.4) is 0 Å². The van der Waals surface area contributed by atoms with Gasteiger partial charge in [-0.05, 0) is 25.1 Å². The molecule has 9 heteroatoms. The van der Waals surface area contributed by atoms with Gasteiger partial charge in [-0.25, -0.2) is 13.5 Å². The van der Waals surface area contributed by atoms with Crippen LogP contribution in [0.15, 0.2) is 30.3 Å². The van der Waals surface area contributed by atoms with Gasteiger partial charge in [-0.1, -0.05) is 17.7 Å². The summed E-state index contributed by atoms with van der Waals surface area (Å²) in [6.45, 7) is 1.34. The van der Waals surface area contributed by atoms with Gasteiger partial charge < -0.3 is 5.32 Å². The molecule has 1 aliphatic heterocycles. The largest absolute Gasteiger partial charge is 0.308 e. The first-order valence-corrected chi connectivity index (χ1v) is 7.46. The zero-order valence-electron chi connectivity index (χ0n) is 12.7. The van der Waals surface area contributed by atoms with Crippen LogP contribution in [-0.2, 0) is 4.79 Å². The molecule has 0 bridgehead atoms. The fourth-order valence-corrected chi connectivity index (χ4v) is 2.70. The molecule has 130 valence electrons. The molecule has 1 unspecified atom stereocenters. The SMILES string of the molecule is Cc1cc(NC(=O)C2CC(F)(F)CN2)nn1-c1cccc(Cl)c1.Cl. The highest BCUT2D eigenvalue weighted by atomic mass is 35.5. The van der Waals surface area contributed by atoms with E-state index in [1.807, 2.05) is 13.0 Å². The molecule has 1 atom stereocenters. The summed E-state index contributed by atoms with van der Waals surface area (Å²) in [6.07, 6.45) is -0.507. The maximum Gasteiger partial charge on any atom is 0.262 e. The molecule has 1 aromatic carbocycles. The number of anilines is 1. The van der Waals surface area contributed by atoms with Crippen molar-refractivity contribution < 1.29 is 13.6 Å². The van der Waals surface area contributed by atoms with E-state index < -0.39 is 30.8 Å². The zero-order valence-corrected chi connectivity index (χ0v) is 14.3. The molecule has 3 rings (SSSR count). The van der Waals surface area contributed by atoms with Crippen LogP contribution in [0.25, 0.3) is 5.69 Å². The van der Waals surface area contributed by atoms with Crippen LogP contribution < -0.4 is 10.6 Å². The first-order valence-electron chi connectivity index (χ1n) is 7.09. The predicted molar refractivity (Wildman–Crippen MR) is 90.5 cm³/mol. The third-order valence-electron chi connectivity index (χ3n) is 3.62. The van der Waals surface area contributed by atoms with Crippen molar-refractivity contribution in [1.82, 2.24) is 15.1 Å². The summed E-state index contributed by atoms with van der Waals surface area (Å²) < 4.78 is 27.9. The Labute approximate surface area is 148 Å². The van der Waals surface area contributed by atoms with Crippen molar-refractivity contribution in [2.24, 2.45) is 0 Å². The second-order valence-electron chi connectivity index (χ2n) is 5.55. The van der Waals surface area contributed by atoms with Crippen LogP contribution in [0, 0.1) is 6.92 Å². The van der Waals surface area contributed by atoms with E-state index >= 15 is 0 Å². The fourth-order valence-electron chi connectivity index (χ4n) is 2.52. The van der Waals surface area contributed by atoms with Gasteiger partial charge in [0.05, 0.1) is 18.3 Å². The molecular weight excluding hydrogens is 361 g/mol. The summed E-state index contributed by atoms with van der Waals surface area (Å²) in [4.78, 5) is 12.0. The van der Waals surface area contributed by atoms with Crippen molar-refractivity contribution in [3.8, 4) is 5.69 Å². The standard InChI is InChI=1S/C15H15ClF2N4O.ClH/c1-9-5-13(20-14(23)12-7-15(17,18)8-19-12)21-22(9)11-4-2-3-10(16)6-11;/h2-6,12,19H,7-8H2,1H3,(H,20,21,23);1H. The molecule has 1 fully saturated rings. The highest BCUT2D eigenvalue weighted by Gasteiger charge is 2.42. The van der Waals surface area contributed by atoms with E-state index in [2.05, 4.69) is 15.7 Å². The summed E-state index contributed by atoms with van der Waals surface area (Å²) in [7, 11) is 0. The summed E-state index contributed by atoms with van der Waals surface area (Å²) in [5, 5.41) is 9.93. The molecule has 24 heavy (non-hydrogen) atoms. The van der Waals surface area contributed by atoms with E-state index in [9.17, 15) is 13.6 Å². The van der Waals surface area contributed by atoms with Crippen LogP contribution in [0.5, 0.6) is 0 Å². The number of halogens is 4. The molecule has 1 aliphatic rings. The smallest absolute Gasteiger partial charge is 0.262 e. The number of nitrogens with one attached hydrogen (secondary N) is 2. The highest BCUT2D eigenvalue weighted by Crippen LogP contribution is 2.26. The van der Waals surface area contributed by atoms with Gasteiger partial charge in [0.2, 0.25) is 5.91 Å². The summed E-state index contributed by atoms with van der Waals surface area (Å²) >= 11 is 5.96. The van der Waals surface area contributed by atoms with Crippen molar-refractivity contribution in [3.63, 3.8) is 0 Å². The lowest BCUT2D eigenvalue weighted by Crippen LogP contribution is -2.35. The maximum atomic E-state index is 13.1. The Balaban J connectivity index is 0.00000208. The molecule has 0 saturated carbocycles. The van der Waals surface area contributed by atoms with E-state index in [-0.39, 0.29) is 12.4 Å². The Morgan fingerprint density at radius 1 is 1.46 bits per heavy atom. The third-order valence-corrected chi connectivity index (χ3v) is 3.85. The lowest BCUT2D eigenvalue weighted by Gasteiger charge is -2.09. The molecule has 1 amide bonds. The fraction of sp³-hybridized carbons (Fsp3) is 0.333. The van der Waals surface area contributed by atoms with Crippen molar-refractivity contribution >= 4 is 35.7 Å². The van der Waals surface area contributed by atoms with Gasteiger partial charge in [0.1, 0.15) is 0 Å². The number of hydrogen-bond donors (Lipinski definition) is 2. The second kappa shape index (κ2) is 7.04.